The molecule has 0 fully saturated rings. The van der Waals surface area contributed by atoms with Gasteiger partial charge >= 0.3 is 0 Å². The summed E-state index contributed by atoms with van der Waals surface area (Å²) >= 11 is 0. The summed E-state index contributed by atoms with van der Waals surface area (Å²) in [5.74, 6) is -0.109. The lowest BCUT2D eigenvalue weighted by Crippen LogP contribution is -2.45. The van der Waals surface area contributed by atoms with Crippen LogP contribution in [-0.2, 0) is 4.79 Å². The third-order valence-electron chi connectivity index (χ3n) is 11.5. The molecule has 2 atom stereocenters. The van der Waals surface area contributed by atoms with Crippen molar-refractivity contribution >= 4 is 5.91 Å². The Bertz CT molecular complexity index is 1480. The molecule has 0 heterocycles. The van der Waals surface area contributed by atoms with Crippen molar-refractivity contribution in [3.63, 3.8) is 0 Å². The van der Waals surface area contributed by atoms with Crippen molar-refractivity contribution in [3.8, 4) is 0 Å². The fraction of sp³-hybridized carbons (Fsp3) is 0.578. The molecule has 0 aliphatic heterocycles. The number of carbonyl (C=O) groups is 1. The molecule has 68 heavy (non-hydrogen) atoms. The van der Waals surface area contributed by atoms with Crippen molar-refractivity contribution in [2.45, 2.75) is 231 Å². The van der Waals surface area contributed by atoms with E-state index < -0.39 is 12.1 Å². The molecule has 0 radical (unpaired) electrons. The molecule has 0 spiro atoms. The monoisotopic (exact) mass is 934 g/mol. The Labute approximate surface area is 420 Å². The molecule has 1 amide bonds. The predicted octanol–water partition coefficient (Wildman–Crippen LogP) is 18.6. The van der Waals surface area contributed by atoms with Crippen molar-refractivity contribution in [1.82, 2.24) is 5.32 Å². The Morgan fingerprint density at radius 1 is 0.368 bits per heavy atom. The molecule has 0 aliphatic rings. The molecule has 4 nitrogen and oxygen atoms in total. The van der Waals surface area contributed by atoms with E-state index >= 15 is 0 Å². The van der Waals surface area contributed by atoms with Crippen LogP contribution in [0.15, 0.2) is 158 Å². The summed E-state index contributed by atoms with van der Waals surface area (Å²) in [5.41, 5.74) is 0. The summed E-state index contributed by atoms with van der Waals surface area (Å²) in [6.07, 6.45) is 92.4. The molecule has 4 heteroatoms. The smallest absolute Gasteiger partial charge is 0.220 e. The number of carbonyl (C=O) groups excluding carboxylic acids is 1. The lowest BCUT2D eigenvalue weighted by Gasteiger charge is -2.19. The van der Waals surface area contributed by atoms with Gasteiger partial charge in [0.2, 0.25) is 5.91 Å². The van der Waals surface area contributed by atoms with Crippen molar-refractivity contribution in [2.75, 3.05) is 6.61 Å². The fourth-order valence-electron chi connectivity index (χ4n) is 7.30. The second kappa shape index (κ2) is 57.3. The molecule has 0 aliphatic carbocycles. The highest BCUT2D eigenvalue weighted by Crippen LogP contribution is 2.13. The van der Waals surface area contributed by atoms with E-state index in [4.69, 9.17) is 0 Å². The molecule has 0 saturated carbocycles. The molecule has 0 rings (SSSR count). The topological polar surface area (TPSA) is 69.6 Å². The molecule has 0 aromatic heterocycles. The number of hydrogen-bond acceptors (Lipinski definition) is 3. The molecule has 0 saturated heterocycles. The summed E-state index contributed by atoms with van der Waals surface area (Å²) in [7, 11) is 0. The highest BCUT2D eigenvalue weighted by atomic mass is 16.3. The number of rotatable bonds is 48. The van der Waals surface area contributed by atoms with Gasteiger partial charge in [0.1, 0.15) is 0 Å². The van der Waals surface area contributed by atoms with E-state index in [0.717, 1.165) is 122 Å². The predicted molar refractivity (Wildman–Crippen MR) is 303 cm³/mol. The highest BCUT2D eigenvalue weighted by molar-refractivity contribution is 5.76. The van der Waals surface area contributed by atoms with Gasteiger partial charge in [-0.25, -0.2) is 0 Å². The number of hydrogen-bond donors (Lipinski definition) is 3. The van der Waals surface area contributed by atoms with Gasteiger partial charge < -0.3 is 15.5 Å². The van der Waals surface area contributed by atoms with E-state index in [1.165, 1.54) is 77.0 Å². The van der Waals surface area contributed by atoms with E-state index in [-0.39, 0.29) is 12.5 Å². The van der Waals surface area contributed by atoms with Crippen LogP contribution in [0.5, 0.6) is 0 Å². The number of allylic oxidation sites excluding steroid dienone is 25. The van der Waals surface area contributed by atoms with Gasteiger partial charge in [-0.2, -0.15) is 0 Å². The van der Waals surface area contributed by atoms with Crippen molar-refractivity contribution in [3.05, 3.63) is 158 Å². The molecular weight excluding hydrogens is 831 g/mol. The van der Waals surface area contributed by atoms with Gasteiger partial charge in [-0.05, 0) is 122 Å². The Hall–Kier alpha value is -3.99. The third-order valence-corrected chi connectivity index (χ3v) is 11.5. The van der Waals surface area contributed by atoms with Crippen LogP contribution in [0.2, 0.25) is 0 Å². The van der Waals surface area contributed by atoms with E-state index in [2.05, 4.69) is 165 Å². The van der Waals surface area contributed by atoms with Gasteiger partial charge in [0.05, 0.1) is 18.8 Å². The van der Waals surface area contributed by atoms with Crippen LogP contribution in [-0.4, -0.2) is 34.9 Å². The molecule has 0 aromatic rings. The average Bonchev–Trinajstić information content (AvgIpc) is 3.34. The first-order valence-electron chi connectivity index (χ1n) is 27.7. The van der Waals surface area contributed by atoms with Crippen molar-refractivity contribution in [1.29, 1.82) is 0 Å². The normalized spacial score (nSPS) is 14.1. The standard InChI is InChI=1S/C64H103NO3/c1-3-5-7-9-11-13-15-17-19-21-23-25-26-27-28-29-30-31-32-33-34-35-36-37-38-40-42-44-46-48-50-52-54-56-58-60-64(68)65-62(61-66)63(67)59-57-55-53-51-49-47-45-43-41-39-24-22-20-18-16-14-12-10-8-6-4-2/h5,7,11,13,17,19,23,25,27-28,30-31,33-34,36-37,40-43,46,48-49,51,57,59,62-63,66-67H,3-4,6,8-10,12,14-16,18,20-22,24,26,29,32,35,38-39,44-45,47,50,52-56,58,60-61H2,1-2H3,(H,65,68)/b7-5-,13-11-,19-17-,25-23-,28-27-,31-30-,34-33-,37-36-,42-40-,43-41+,48-46-,51-49+,59-57+. The number of unbranched alkanes of at least 4 members (excludes halogenated alkanes) is 17. The fourth-order valence-corrected chi connectivity index (χ4v) is 7.30. The maximum atomic E-state index is 12.5. The first-order valence-corrected chi connectivity index (χ1v) is 27.7. The van der Waals surface area contributed by atoms with E-state index in [1.807, 2.05) is 6.08 Å². The maximum absolute atomic E-state index is 12.5. The van der Waals surface area contributed by atoms with Crippen LogP contribution < -0.4 is 5.32 Å². The third kappa shape index (κ3) is 53.0. The molecule has 3 N–H and O–H groups in total. The minimum atomic E-state index is -0.894. The Morgan fingerprint density at radius 2 is 0.662 bits per heavy atom. The lowest BCUT2D eigenvalue weighted by atomic mass is 10.1. The van der Waals surface area contributed by atoms with E-state index in [0.29, 0.717) is 6.42 Å². The van der Waals surface area contributed by atoms with Crippen LogP contribution in [0.4, 0.5) is 0 Å². The van der Waals surface area contributed by atoms with Gasteiger partial charge in [-0.3, -0.25) is 4.79 Å². The second-order valence-electron chi connectivity index (χ2n) is 17.9. The van der Waals surface area contributed by atoms with Crippen LogP contribution >= 0.6 is 0 Å². The summed E-state index contributed by atoms with van der Waals surface area (Å²) < 4.78 is 0. The molecule has 382 valence electrons. The summed E-state index contributed by atoms with van der Waals surface area (Å²) in [4.78, 5) is 12.5. The minimum absolute atomic E-state index is 0.109. The molecule has 2 unspecified atom stereocenters. The highest BCUT2D eigenvalue weighted by Gasteiger charge is 2.17. The molecule has 0 aromatic carbocycles. The van der Waals surface area contributed by atoms with Gasteiger partial charge in [0.25, 0.3) is 0 Å². The van der Waals surface area contributed by atoms with Gasteiger partial charge in [-0.1, -0.05) is 249 Å². The minimum Gasteiger partial charge on any atom is -0.394 e. The van der Waals surface area contributed by atoms with Gasteiger partial charge in [0.15, 0.2) is 0 Å². The number of nitrogens with one attached hydrogen (secondary N) is 1. The van der Waals surface area contributed by atoms with Crippen molar-refractivity contribution < 1.29 is 15.0 Å². The zero-order valence-corrected chi connectivity index (χ0v) is 43.8. The quantitative estimate of drug-likeness (QED) is 0.0421. The van der Waals surface area contributed by atoms with E-state index in [9.17, 15) is 15.0 Å². The summed E-state index contributed by atoms with van der Waals surface area (Å²) in [6.45, 7) is 4.16. The first kappa shape index (κ1) is 64.0. The zero-order valence-electron chi connectivity index (χ0n) is 43.8. The maximum Gasteiger partial charge on any atom is 0.220 e. The zero-order chi connectivity index (χ0) is 49.2. The number of aliphatic hydroxyl groups excluding tert-OH is 2. The number of aliphatic hydroxyl groups is 2. The Balaban J connectivity index is 3.75. The SMILES string of the molecule is CC/C=C\C/C=C\C/C=C\C/C=C\C/C=C\C/C=C\C/C=C\C/C=C\C/C=C\C/C=C\CCCCCCC(=O)NC(CO)C(O)/C=C/CC/C=C/CC/C=C/CCCCCCCCCCCCC. The van der Waals surface area contributed by atoms with Crippen LogP contribution in [0, 0.1) is 0 Å². The van der Waals surface area contributed by atoms with Gasteiger partial charge in [-0.15, -0.1) is 0 Å². The number of amides is 1. The Kier molecular flexibility index (Phi) is 54.0. The first-order chi connectivity index (χ1) is 33.7. The molecule has 0 bridgehead atoms. The van der Waals surface area contributed by atoms with Crippen LogP contribution in [0.25, 0.3) is 0 Å². The van der Waals surface area contributed by atoms with Crippen LogP contribution in [0.1, 0.15) is 219 Å². The second-order valence-corrected chi connectivity index (χ2v) is 17.9. The Morgan fingerprint density at radius 3 is 1.03 bits per heavy atom. The van der Waals surface area contributed by atoms with Crippen molar-refractivity contribution in [2.24, 2.45) is 0 Å². The summed E-state index contributed by atoms with van der Waals surface area (Å²) in [5, 5.41) is 23.1. The lowest BCUT2D eigenvalue weighted by molar-refractivity contribution is -0.123. The largest absolute Gasteiger partial charge is 0.394 e. The average molecular weight is 935 g/mol. The van der Waals surface area contributed by atoms with Crippen LogP contribution in [0.3, 0.4) is 0 Å². The van der Waals surface area contributed by atoms with Gasteiger partial charge in [0, 0.05) is 6.42 Å². The van der Waals surface area contributed by atoms with E-state index in [1.54, 1.807) is 6.08 Å². The molecular formula is C64H103NO3. The summed E-state index contributed by atoms with van der Waals surface area (Å²) in [6, 6.07) is -0.673.